The number of aryl methyl sites for hydroxylation is 1. The van der Waals surface area contributed by atoms with Crippen LogP contribution >= 0.6 is 0 Å². The molecule has 1 N–H and O–H groups in total. The first-order valence-corrected chi connectivity index (χ1v) is 15.9. The van der Waals surface area contributed by atoms with Gasteiger partial charge in [0.15, 0.2) is 0 Å². The van der Waals surface area contributed by atoms with Crippen molar-refractivity contribution in [2.24, 2.45) is 11.3 Å². The number of piperidine rings is 1. The van der Waals surface area contributed by atoms with Gasteiger partial charge in [0.05, 0.1) is 35.2 Å². The molecule has 1 saturated heterocycles. The molecule has 0 radical (unpaired) electrons. The molecule has 8 bridgehead atoms. The summed E-state index contributed by atoms with van der Waals surface area (Å²) >= 11 is 0. The number of benzene rings is 1. The van der Waals surface area contributed by atoms with Crippen LogP contribution in [0.1, 0.15) is 86.8 Å². The number of allylic oxidation sites excluding steroid dienone is 1. The fourth-order valence-corrected chi connectivity index (χ4v) is 7.07. The normalized spacial score (nSPS) is 27.4. The monoisotopic (exact) mass is 626 g/mol. The standard InChI is InChI=1S/C34H39F5N6/c1-21-25-8-7-9-27(29(25)35)34(38,39)24-10-16-44(17-11-24)20-33(36,37)12-5-4-6-15-45-22(2)28(32(19-40)13-14-32)18-26-30(41-21)42-23(3)43-31(26)45/h7-9,18,21,24H,2,4-6,10-17,20H2,1,3H3,(H,41,42,43)/t21-/m1/s1. The van der Waals surface area contributed by atoms with Gasteiger partial charge in [-0.05, 0) is 77.1 Å². The van der Waals surface area contributed by atoms with E-state index in [0.717, 1.165) is 11.6 Å². The first-order valence-electron chi connectivity index (χ1n) is 15.9. The van der Waals surface area contributed by atoms with E-state index in [0.29, 0.717) is 67.4 Å². The fraction of sp³-hybridized carbons (Fsp3) is 0.559. The third kappa shape index (κ3) is 5.94. The average molecular weight is 627 g/mol. The minimum Gasteiger partial charge on any atom is -0.363 e. The summed E-state index contributed by atoms with van der Waals surface area (Å²) in [5.41, 5.74) is 0.697. The van der Waals surface area contributed by atoms with Crippen molar-refractivity contribution >= 4 is 17.7 Å². The van der Waals surface area contributed by atoms with E-state index in [9.17, 15) is 14.0 Å². The summed E-state index contributed by atoms with van der Waals surface area (Å²) in [5.74, 6) is -7.17. The lowest BCUT2D eigenvalue weighted by Crippen LogP contribution is -2.44. The highest BCUT2D eigenvalue weighted by atomic mass is 19.3. The maximum absolute atomic E-state index is 16.0. The van der Waals surface area contributed by atoms with Gasteiger partial charge in [-0.1, -0.05) is 31.2 Å². The summed E-state index contributed by atoms with van der Waals surface area (Å²) < 4.78 is 77.7. The third-order valence-corrected chi connectivity index (χ3v) is 9.88. The number of halogens is 5. The Balaban J connectivity index is 1.42. The number of fused-ring (bicyclic) bond motifs is 9. The minimum absolute atomic E-state index is 0.00543. The van der Waals surface area contributed by atoms with E-state index in [2.05, 4.69) is 22.9 Å². The number of hydrogen-bond donors (Lipinski definition) is 1. The van der Waals surface area contributed by atoms with E-state index in [1.54, 1.807) is 18.7 Å². The van der Waals surface area contributed by atoms with Crippen molar-refractivity contribution < 1.29 is 22.0 Å². The molecule has 1 aromatic carbocycles. The quantitative estimate of drug-likeness (QED) is 0.323. The number of aromatic nitrogens is 2. The van der Waals surface area contributed by atoms with E-state index in [4.69, 9.17) is 4.98 Å². The number of anilines is 2. The van der Waals surface area contributed by atoms with Gasteiger partial charge in [0.2, 0.25) is 0 Å². The van der Waals surface area contributed by atoms with Gasteiger partial charge in [-0.2, -0.15) is 5.26 Å². The van der Waals surface area contributed by atoms with Gasteiger partial charge in [-0.15, -0.1) is 0 Å². The molecular weight excluding hydrogens is 587 g/mol. The summed E-state index contributed by atoms with van der Waals surface area (Å²) in [5, 5.41) is 13.3. The molecule has 1 saturated carbocycles. The largest absolute Gasteiger partial charge is 0.363 e. The maximum Gasteiger partial charge on any atom is 0.278 e. The molecule has 0 spiro atoms. The summed E-state index contributed by atoms with van der Waals surface area (Å²) in [6, 6.07) is 5.73. The number of rotatable bonds is 1. The molecule has 0 amide bonds. The molecule has 6 nitrogen and oxygen atoms in total. The van der Waals surface area contributed by atoms with Crippen LogP contribution < -0.4 is 10.2 Å². The van der Waals surface area contributed by atoms with Crippen molar-refractivity contribution in [1.82, 2.24) is 14.9 Å². The van der Waals surface area contributed by atoms with Gasteiger partial charge in [0.1, 0.15) is 23.3 Å². The highest BCUT2D eigenvalue weighted by molar-refractivity contribution is 5.84. The molecule has 2 aromatic rings. The molecule has 7 rings (SSSR count). The van der Waals surface area contributed by atoms with Gasteiger partial charge >= 0.3 is 0 Å². The molecule has 240 valence electrons. The number of hydrogen-bond acceptors (Lipinski definition) is 6. The van der Waals surface area contributed by atoms with Crippen LogP contribution in [-0.4, -0.2) is 47.0 Å². The summed E-state index contributed by atoms with van der Waals surface area (Å²) in [7, 11) is 0. The van der Waals surface area contributed by atoms with Gasteiger partial charge in [0, 0.05) is 30.1 Å². The zero-order valence-corrected chi connectivity index (χ0v) is 25.8. The van der Waals surface area contributed by atoms with Crippen LogP contribution in [0.2, 0.25) is 0 Å². The Labute approximate surface area is 261 Å². The topological polar surface area (TPSA) is 68.1 Å². The van der Waals surface area contributed by atoms with Crippen LogP contribution in [0.15, 0.2) is 36.0 Å². The second-order valence-corrected chi connectivity index (χ2v) is 13.1. The van der Waals surface area contributed by atoms with Crippen LogP contribution in [0, 0.1) is 35.4 Å². The molecule has 5 aliphatic rings. The van der Waals surface area contributed by atoms with E-state index in [1.807, 2.05) is 11.0 Å². The first kappa shape index (κ1) is 31.5. The van der Waals surface area contributed by atoms with Crippen LogP contribution in [0.25, 0.3) is 6.08 Å². The Morgan fingerprint density at radius 3 is 2.44 bits per heavy atom. The first-order chi connectivity index (χ1) is 21.3. The lowest BCUT2D eigenvalue weighted by Gasteiger charge is -2.37. The van der Waals surface area contributed by atoms with Gasteiger partial charge in [-0.25, -0.2) is 31.9 Å². The highest BCUT2D eigenvalue weighted by Crippen LogP contribution is 2.56. The number of nitrogens with zero attached hydrogens (tertiary/aromatic N) is 5. The molecule has 4 aliphatic heterocycles. The number of nitrogens with one attached hydrogen (secondary N) is 1. The number of nitriles is 1. The second kappa shape index (κ2) is 11.7. The second-order valence-electron chi connectivity index (χ2n) is 13.1. The highest BCUT2D eigenvalue weighted by Gasteiger charge is 2.50. The van der Waals surface area contributed by atoms with Crippen molar-refractivity contribution in [3.63, 3.8) is 0 Å². The van der Waals surface area contributed by atoms with Crippen LogP contribution in [-0.2, 0) is 5.92 Å². The molecule has 11 heteroatoms. The molecular formula is C34H39F5N6. The molecule has 45 heavy (non-hydrogen) atoms. The Hall–Kier alpha value is -3.52. The fourth-order valence-electron chi connectivity index (χ4n) is 7.07. The summed E-state index contributed by atoms with van der Waals surface area (Å²) in [6.07, 6.45) is 4.40. The zero-order valence-electron chi connectivity index (χ0n) is 25.8. The molecule has 2 fully saturated rings. The van der Waals surface area contributed by atoms with Crippen molar-refractivity contribution in [3.8, 4) is 6.07 Å². The Bertz CT molecular complexity index is 1550. The Kier molecular flexibility index (Phi) is 8.17. The summed E-state index contributed by atoms with van der Waals surface area (Å²) in [4.78, 5) is 12.8. The Morgan fingerprint density at radius 2 is 1.76 bits per heavy atom. The molecule has 0 unspecified atom stereocenters. The van der Waals surface area contributed by atoms with Crippen LogP contribution in [0.4, 0.5) is 33.6 Å². The molecule has 5 heterocycles. The predicted molar refractivity (Wildman–Crippen MR) is 163 cm³/mol. The minimum atomic E-state index is -3.47. The molecule has 1 aliphatic carbocycles. The van der Waals surface area contributed by atoms with E-state index >= 15 is 13.2 Å². The molecule has 1 aromatic heterocycles. The van der Waals surface area contributed by atoms with Crippen molar-refractivity contribution in [1.29, 1.82) is 5.26 Å². The SMILES string of the molecule is C=C1C(C2(C#N)CC2)=Cc2c3nc(C)nc2N1CCCCCC(F)(F)CN1CCC(CC1)C(F)(F)c1cccc(c1F)[C@@H](C)N3. The molecule has 1 atom stereocenters. The average Bonchev–Trinajstić information content (AvgIpc) is 3.78. The number of alkyl halides is 4. The Morgan fingerprint density at radius 1 is 1.02 bits per heavy atom. The lowest BCUT2D eigenvalue weighted by atomic mass is 9.85. The maximum atomic E-state index is 16.0. The smallest absolute Gasteiger partial charge is 0.278 e. The third-order valence-electron chi connectivity index (χ3n) is 9.88. The van der Waals surface area contributed by atoms with Gasteiger partial charge in [0.25, 0.3) is 11.8 Å². The van der Waals surface area contributed by atoms with E-state index in [1.165, 1.54) is 12.1 Å². The van der Waals surface area contributed by atoms with Crippen molar-refractivity contribution in [2.45, 2.75) is 83.1 Å². The van der Waals surface area contributed by atoms with E-state index in [-0.39, 0.29) is 37.9 Å². The summed E-state index contributed by atoms with van der Waals surface area (Å²) in [6.45, 7) is 7.95. The zero-order chi connectivity index (χ0) is 32.1. The van der Waals surface area contributed by atoms with Crippen LogP contribution in [0.3, 0.4) is 0 Å². The van der Waals surface area contributed by atoms with Crippen molar-refractivity contribution in [2.75, 3.05) is 36.4 Å². The predicted octanol–water partition coefficient (Wildman–Crippen LogP) is 8.13. The van der Waals surface area contributed by atoms with Gasteiger partial charge in [-0.3, -0.25) is 4.90 Å². The van der Waals surface area contributed by atoms with E-state index < -0.39 is 47.1 Å². The van der Waals surface area contributed by atoms with Crippen molar-refractivity contribution in [3.05, 3.63) is 64.4 Å². The lowest BCUT2D eigenvalue weighted by molar-refractivity contribution is -0.0992. The van der Waals surface area contributed by atoms with Crippen LogP contribution in [0.5, 0.6) is 0 Å². The van der Waals surface area contributed by atoms with Gasteiger partial charge < -0.3 is 10.2 Å².